The summed E-state index contributed by atoms with van der Waals surface area (Å²) in [6.45, 7) is 7.60. The molecule has 1 aliphatic rings. The Bertz CT molecular complexity index is 362. The van der Waals surface area contributed by atoms with Gasteiger partial charge in [0.05, 0.1) is 5.02 Å². The van der Waals surface area contributed by atoms with Crippen molar-refractivity contribution < 1.29 is 0 Å². The predicted molar refractivity (Wildman–Crippen MR) is 71.0 cm³/mol. The number of halogens is 1. The summed E-state index contributed by atoms with van der Waals surface area (Å²) in [6, 6.07) is 2.30. The third-order valence-electron chi connectivity index (χ3n) is 3.45. The SMILES string of the molecule is CC1(C)CN(Cc2sccc2Cl)CCC1N. The standard InChI is InChI=1S/C12H19ClN2S/c1-12(2)8-15(5-3-11(12)14)7-10-9(13)4-6-16-10/h4,6,11H,3,5,7-8,14H2,1-2H3. The van der Waals surface area contributed by atoms with E-state index in [0.717, 1.165) is 31.1 Å². The van der Waals surface area contributed by atoms with Gasteiger partial charge in [0.2, 0.25) is 0 Å². The first kappa shape index (κ1) is 12.4. The Labute approximate surface area is 106 Å². The zero-order chi connectivity index (χ0) is 11.8. The van der Waals surface area contributed by atoms with Gasteiger partial charge in [-0.15, -0.1) is 11.3 Å². The van der Waals surface area contributed by atoms with Gasteiger partial charge in [0.1, 0.15) is 0 Å². The lowest BCUT2D eigenvalue weighted by atomic mass is 9.80. The normalized spacial score (nSPS) is 25.9. The molecule has 1 saturated heterocycles. The molecule has 90 valence electrons. The first-order chi connectivity index (χ1) is 7.49. The molecule has 0 bridgehead atoms. The molecule has 16 heavy (non-hydrogen) atoms. The summed E-state index contributed by atoms with van der Waals surface area (Å²) in [6.07, 6.45) is 1.08. The predicted octanol–water partition coefficient (Wildman–Crippen LogP) is 2.96. The zero-order valence-electron chi connectivity index (χ0n) is 9.87. The Morgan fingerprint density at radius 3 is 2.94 bits per heavy atom. The molecular formula is C12H19ClN2S. The lowest BCUT2D eigenvalue weighted by Gasteiger charge is -2.42. The second kappa shape index (κ2) is 4.65. The lowest BCUT2D eigenvalue weighted by Crippen LogP contribution is -2.51. The topological polar surface area (TPSA) is 29.3 Å². The molecule has 2 heterocycles. The van der Waals surface area contributed by atoms with Crippen molar-refractivity contribution in [2.24, 2.45) is 11.1 Å². The number of nitrogens with two attached hydrogens (primary N) is 1. The van der Waals surface area contributed by atoms with E-state index in [0.29, 0.717) is 6.04 Å². The molecule has 1 aliphatic heterocycles. The highest BCUT2D eigenvalue weighted by atomic mass is 35.5. The summed E-state index contributed by atoms with van der Waals surface area (Å²) in [4.78, 5) is 3.73. The van der Waals surface area contributed by atoms with Gasteiger partial charge in [-0.05, 0) is 23.3 Å². The van der Waals surface area contributed by atoms with Crippen LogP contribution in [0.2, 0.25) is 5.02 Å². The van der Waals surface area contributed by atoms with Gasteiger partial charge >= 0.3 is 0 Å². The van der Waals surface area contributed by atoms with Gasteiger partial charge in [0.25, 0.3) is 0 Å². The fourth-order valence-corrected chi connectivity index (χ4v) is 3.40. The average molecular weight is 259 g/mol. The number of rotatable bonds is 2. The minimum atomic E-state index is 0.210. The van der Waals surface area contributed by atoms with Crippen LogP contribution >= 0.6 is 22.9 Å². The van der Waals surface area contributed by atoms with Crippen LogP contribution in [0.5, 0.6) is 0 Å². The van der Waals surface area contributed by atoms with E-state index in [2.05, 4.69) is 24.1 Å². The summed E-state index contributed by atoms with van der Waals surface area (Å²) in [7, 11) is 0. The van der Waals surface area contributed by atoms with E-state index < -0.39 is 0 Å². The number of thiophene rings is 1. The van der Waals surface area contributed by atoms with E-state index >= 15 is 0 Å². The Hall–Kier alpha value is -0.0900. The third kappa shape index (κ3) is 2.59. The molecule has 0 amide bonds. The van der Waals surface area contributed by atoms with Crippen LogP contribution in [0.25, 0.3) is 0 Å². The molecule has 0 spiro atoms. The van der Waals surface area contributed by atoms with Gasteiger partial charge in [-0.1, -0.05) is 25.4 Å². The maximum absolute atomic E-state index is 6.13. The van der Waals surface area contributed by atoms with Gasteiger partial charge in [-0.25, -0.2) is 0 Å². The Morgan fingerprint density at radius 2 is 2.38 bits per heavy atom. The number of hydrogen-bond donors (Lipinski definition) is 1. The maximum atomic E-state index is 6.13. The van der Waals surface area contributed by atoms with Gasteiger partial charge in [-0.2, -0.15) is 0 Å². The number of nitrogens with zero attached hydrogens (tertiary/aromatic N) is 1. The summed E-state index contributed by atoms with van der Waals surface area (Å²) >= 11 is 7.86. The maximum Gasteiger partial charge on any atom is 0.0558 e. The molecule has 1 unspecified atom stereocenters. The van der Waals surface area contributed by atoms with E-state index in [9.17, 15) is 0 Å². The molecule has 1 fully saturated rings. The smallest absolute Gasteiger partial charge is 0.0558 e. The molecule has 1 aromatic rings. The summed E-state index contributed by atoms with van der Waals surface area (Å²) < 4.78 is 0. The van der Waals surface area contributed by atoms with E-state index in [1.807, 2.05) is 6.07 Å². The van der Waals surface area contributed by atoms with Crippen LogP contribution in [0, 0.1) is 5.41 Å². The monoisotopic (exact) mass is 258 g/mol. The van der Waals surface area contributed by atoms with Crippen molar-refractivity contribution in [1.82, 2.24) is 4.90 Å². The minimum Gasteiger partial charge on any atom is -0.327 e. The quantitative estimate of drug-likeness (QED) is 0.884. The minimum absolute atomic E-state index is 0.210. The first-order valence-electron chi connectivity index (χ1n) is 5.69. The molecule has 2 N–H and O–H groups in total. The molecule has 1 aromatic heterocycles. The second-order valence-electron chi connectivity index (χ2n) is 5.29. The Kier molecular flexibility index (Phi) is 3.59. The van der Waals surface area contributed by atoms with Crippen molar-refractivity contribution in [2.75, 3.05) is 13.1 Å². The molecule has 0 aliphatic carbocycles. The summed E-state index contributed by atoms with van der Waals surface area (Å²) in [5.74, 6) is 0. The molecular weight excluding hydrogens is 240 g/mol. The third-order valence-corrected chi connectivity index (χ3v) is 4.82. The van der Waals surface area contributed by atoms with Crippen LogP contribution in [-0.4, -0.2) is 24.0 Å². The number of piperidine rings is 1. The van der Waals surface area contributed by atoms with E-state index in [-0.39, 0.29) is 5.41 Å². The molecule has 0 aromatic carbocycles. The van der Waals surface area contributed by atoms with Crippen molar-refractivity contribution in [1.29, 1.82) is 0 Å². The Balaban J connectivity index is 2.00. The average Bonchev–Trinajstić information content (AvgIpc) is 2.58. The zero-order valence-corrected chi connectivity index (χ0v) is 11.4. The second-order valence-corrected chi connectivity index (χ2v) is 6.69. The highest BCUT2D eigenvalue weighted by molar-refractivity contribution is 7.10. The van der Waals surface area contributed by atoms with E-state index in [4.69, 9.17) is 17.3 Å². The fraction of sp³-hybridized carbons (Fsp3) is 0.667. The molecule has 2 rings (SSSR count). The van der Waals surface area contributed by atoms with Crippen molar-refractivity contribution in [3.63, 3.8) is 0 Å². The largest absolute Gasteiger partial charge is 0.327 e. The summed E-state index contributed by atoms with van der Waals surface area (Å²) in [5, 5.41) is 2.95. The molecule has 1 atom stereocenters. The molecule has 0 radical (unpaired) electrons. The van der Waals surface area contributed by atoms with Crippen LogP contribution in [0.3, 0.4) is 0 Å². The van der Waals surface area contributed by atoms with Gasteiger partial charge in [-0.3, -0.25) is 4.90 Å². The highest BCUT2D eigenvalue weighted by Gasteiger charge is 2.33. The van der Waals surface area contributed by atoms with Crippen molar-refractivity contribution in [3.8, 4) is 0 Å². The van der Waals surface area contributed by atoms with Crippen LogP contribution in [0.1, 0.15) is 25.1 Å². The first-order valence-corrected chi connectivity index (χ1v) is 6.94. The van der Waals surface area contributed by atoms with Gasteiger partial charge in [0, 0.05) is 30.6 Å². The van der Waals surface area contributed by atoms with Gasteiger partial charge in [0.15, 0.2) is 0 Å². The molecule has 4 heteroatoms. The van der Waals surface area contributed by atoms with E-state index in [1.54, 1.807) is 11.3 Å². The van der Waals surface area contributed by atoms with Crippen LogP contribution < -0.4 is 5.73 Å². The lowest BCUT2D eigenvalue weighted by molar-refractivity contribution is 0.0907. The highest BCUT2D eigenvalue weighted by Crippen LogP contribution is 2.30. The Morgan fingerprint density at radius 1 is 1.62 bits per heavy atom. The van der Waals surface area contributed by atoms with Crippen LogP contribution in [-0.2, 0) is 6.54 Å². The van der Waals surface area contributed by atoms with Crippen LogP contribution in [0.15, 0.2) is 11.4 Å². The summed E-state index contributed by atoms with van der Waals surface area (Å²) in [5.41, 5.74) is 6.34. The number of hydrogen-bond acceptors (Lipinski definition) is 3. The number of likely N-dealkylation sites (tertiary alicyclic amines) is 1. The fourth-order valence-electron chi connectivity index (χ4n) is 2.26. The molecule has 0 saturated carbocycles. The van der Waals surface area contributed by atoms with Crippen molar-refractivity contribution in [3.05, 3.63) is 21.3 Å². The van der Waals surface area contributed by atoms with Crippen LogP contribution in [0.4, 0.5) is 0 Å². The molecule has 2 nitrogen and oxygen atoms in total. The van der Waals surface area contributed by atoms with E-state index in [1.165, 1.54) is 4.88 Å². The van der Waals surface area contributed by atoms with Gasteiger partial charge < -0.3 is 5.73 Å². The van der Waals surface area contributed by atoms with Crippen molar-refractivity contribution in [2.45, 2.75) is 32.9 Å². The van der Waals surface area contributed by atoms with Crippen molar-refractivity contribution >= 4 is 22.9 Å².